The molecule has 2 aromatic rings. The number of aryl methyl sites for hydroxylation is 1. The van der Waals surface area contributed by atoms with E-state index in [9.17, 15) is 0 Å². The Balaban J connectivity index is 1.75. The van der Waals surface area contributed by atoms with Gasteiger partial charge >= 0.3 is 0 Å². The molecule has 1 N–H and O–H groups in total. The molecule has 0 fully saturated rings. The van der Waals surface area contributed by atoms with Crippen molar-refractivity contribution in [2.75, 3.05) is 29.9 Å². The summed E-state index contributed by atoms with van der Waals surface area (Å²) in [6.45, 7) is 5.36. The second-order valence-corrected chi connectivity index (χ2v) is 5.83. The molecule has 3 rings (SSSR count). The van der Waals surface area contributed by atoms with Crippen molar-refractivity contribution in [2.24, 2.45) is 0 Å². The van der Waals surface area contributed by atoms with E-state index in [1.54, 1.807) is 11.3 Å². The van der Waals surface area contributed by atoms with E-state index in [1.165, 1.54) is 28.4 Å². The summed E-state index contributed by atoms with van der Waals surface area (Å²) in [6, 6.07) is 8.61. The number of nitrogens with zero attached hydrogens (tertiary/aromatic N) is 2. The van der Waals surface area contributed by atoms with Crippen molar-refractivity contribution in [1.82, 2.24) is 4.98 Å². The zero-order valence-electron chi connectivity index (χ0n) is 11.2. The molecule has 0 unspecified atom stereocenters. The zero-order chi connectivity index (χ0) is 13.1. The first-order valence-corrected chi connectivity index (χ1v) is 7.69. The van der Waals surface area contributed by atoms with E-state index in [2.05, 4.69) is 46.4 Å². The molecule has 0 amide bonds. The summed E-state index contributed by atoms with van der Waals surface area (Å²) in [7, 11) is 0. The standard InChI is InChI=1S/C15H19N3S/c1-12-15(19-11-17-12)7-10-18-9-4-8-16-13-5-2-3-6-14(13)18/h2-3,5-6,11,16H,4,7-10H2,1H3. The van der Waals surface area contributed by atoms with E-state index in [0.717, 1.165) is 26.1 Å². The highest BCUT2D eigenvalue weighted by molar-refractivity contribution is 7.09. The molecule has 3 nitrogen and oxygen atoms in total. The Hall–Kier alpha value is -1.55. The number of aromatic nitrogens is 1. The van der Waals surface area contributed by atoms with Gasteiger partial charge in [-0.15, -0.1) is 11.3 Å². The van der Waals surface area contributed by atoms with Crippen LogP contribution in [0.15, 0.2) is 29.8 Å². The van der Waals surface area contributed by atoms with Crippen molar-refractivity contribution >= 4 is 22.7 Å². The molecular formula is C15H19N3S. The van der Waals surface area contributed by atoms with Crippen LogP contribution in [0.5, 0.6) is 0 Å². The normalized spacial score (nSPS) is 14.7. The van der Waals surface area contributed by atoms with Crippen molar-refractivity contribution in [3.63, 3.8) is 0 Å². The number of thiazole rings is 1. The Morgan fingerprint density at radius 3 is 3.11 bits per heavy atom. The molecule has 1 aliphatic rings. The highest BCUT2D eigenvalue weighted by atomic mass is 32.1. The molecule has 1 aromatic heterocycles. The van der Waals surface area contributed by atoms with Crippen LogP contribution in [0.25, 0.3) is 0 Å². The Bertz CT molecular complexity index is 550. The summed E-state index contributed by atoms with van der Waals surface area (Å²) in [6.07, 6.45) is 2.28. The SMILES string of the molecule is Cc1ncsc1CCN1CCCNc2ccccc21. The summed E-state index contributed by atoms with van der Waals surface area (Å²) in [5.74, 6) is 0. The fourth-order valence-electron chi connectivity index (χ4n) is 2.55. The van der Waals surface area contributed by atoms with E-state index < -0.39 is 0 Å². The van der Waals surface area contributed by atoms with Gasteiger partial charge in [0.25, 0.3) is 0 Å². The lowest BCUT2D eigenvalue weighted by molar-refractivity contribution is 0.756. The van der Waals surface area contributed by atoms with Crippen LogP contribution >= 0.6 is 11.3 Å². The summed E-state index contributed by atoms with van der Waals surface area (Å²) in [5.41, 5.74) is 5.73. The second kappa shape index (κ2) is 5.61. The number of para-hydroxylation sites is 2. The second-order valence-electron chi connectivity index (χ2n) is 4.90. The minimum atomic E-state index is 1.06. The largest absolute Gasteiger partial charge is 0.383 e. The van der Waals surface area contributed by atoms with Crippen LogP contribution < -0.4 is 10.2 Å². The van der Waals surface area contributed by atoms with Gasteiger partial charge in [-0.3, -0.25) is 0 Å². The lowest BCUT2D eigenvalue weighted by atomic mass is 10.2. The first kappa shape index (κ1) is 12.5. The fourth-order valence-corrected chi connectivity index (χ4v) is 3.32. The van der Waals surface area contributed by atoms with Gasteiger partial charge < -0.3 is 10.2 Å². The summed E-state index contributed by atoms with van der Waals surface area (Å²) >= 11 is 1.77. The number of nitrogens with one attached hydrogen (secondary N) is 1. The molecule has 19 heavy (non-hydrogen) atoms. The summed E-state index contributed by atoms with van der Waals surface area (Å²) in [5, 5.41) is 3.51. The first-order valence-electron chi connectivity index (χ1n) is 6.81. The van der Waals surface area contributed by atoms with E-state index in [0.29, 0.717) is 0 Å². The van der Waals surface area contributed by atoms with Crippen LogP contribution in [-0.4, -0.2) is 24.6 Å². The number of anilines is 2. The lowest BCUT2D eigenvalue weighted by Gasteiger charge is -2.24. The maximum Gasteiger partial charge on any atom is 0.0797 e. The van der Waals surface area contributed by atoms with E-state index in [-0.39, 0.29) is 0 Å². The number of rotatable bonds is 3. The van der Waals surface area contributed by atoms with E-state index in [1.807, 2.05) is 5.51 Å². The van der Waals surface area contributed by atoms with Crippen molar-refractivity contribution in [3.8, 4) is 0 Å². The van der Waals surface area contributed by atoms with Crippen LogP contribution in [0.2, 0.25) is 0 Å². The third-order valence-electron chi connectivity index (χ3n) is 3.62. The third-order valence-corrected chi connectivity index (χ3v) is 4.61. The zero-order valence-corrected chi connectivity index (χ0v) is 12.0. The van der Waals surface area contributed by atoms with E-state index in [4.69, 9.17) is 0 Å². The minimum absolute atomic E-state index is 1.06. The molecule has 0 bridgehead atoms. The topological polar surface area (TPSA) is 28.2 Å². The smallest absolute Gasteiger partial charge is 0.0797 e. The summed E-state index contributed by atoms with van der Waals surface area (Å²) in [4.78, 5) is 8.24. The molecule has 4 heteroatoms. The monoisotopic (exact) mass is 273 g/mol. The van der Waals surface area contributed by atoms with E-state index >= 15 is 0 Å². The van der Waals surface area contributed by atoms with Gasteiger partial charge in [0.2, 0.25) is 0 Å². The average molecular weight is 273 g/mol. The molecule has 0 radical (unpaired) electrons. The predicted octanol–water partition coefficient (Wildman–Crippen LogP) is 3.32. The molecule has 100 valence electrons. The Morgan fingerprint density at radius 2 is 2.26 bits per heavy atom. The molecule has 0 saturated carbocycles. The molecule has 0 atom stereocenters. The number of benzene rings is 1. The number of hydrogen-bond donors (Lipinski definition) is 1. The number of hydrogen-bond acceptors (Lipinski definition) is 4. The molecular weight excluding hydrogens is 254 g/mol. The van der Waals surface area contributed by atoms with Crippen LogP contribution in [-0.2, 0) is 6.42 Å². The van der Waals surface area contributed by atoms with Gasteiger partial charge in [-0.05, 0) is 25.5 Å². The highest BCUT2D eigenvalue weighted by Crippen LogP contribution is 2.28. The third kappa shape index (κ3) is 2.73. The van der Waals surface area contributed by atoms with Crippen LogP contribution in [0.1, 0.15) is 17.0 Å². The molecule has 0 saturated heterocycles. The van der Waals surface area contributed by atoms with Gasteiger partial charge in [0.1, 0.15) is 0 Å². The van der Waals surface area contributed by atoms with Gasteiger partial charge in [-0.1, -0.05) is 12.1 Å². The van der Waals surface area contributed by atoms with Crippen LogP contribution in [0.3, 0.4) is 0 Å². The average Bonchev–Trinajstić information content (AvgIpc) is 2.73. The predicted molar refractivity (Wildman–Crippen MR) is 82.3 cm³/mol. The molecule has 1 aliphatic heterocycles. The molecule has 0 spiro atoms. The maximum absolute atomic E-state index is 4.33. The first-order chi connectivity index (χ1) is 9.34. The Kier molecular flexibility index (Phi) is 3.69. The van der Waals surface area contributed by atoms with Gasteiger partial charge in [0.15, 0.2) is 0 Å². The Labute approximate surface area is 118 Å². The minimum Gasteiger partial charge on any atom is -0.383 e. The lowest BCUT2D eigenvalue weighted by Crippen LogP contribution is -2.26. The van der Waals surface area contributed by atoms with Crippen LogP contribution in [0.4, 0.5) is 11.4 Å². The van der Waals surface area contributed by atoms with Crippen molar-refractivity contribution in [2.45, 2.75) is 19.8 Å². The quantitative estimate of drug-likeness (QED) is 0.930. The maximum atomic E-state index is 4.33. The molecule has 1 aromatic carbocycles. The van der Waals surface area contributed by atoms with Gasteiger partial charge in [-0.2, -0.15) is 0 Å². The molecule has 0 aliphatic carbocycles. The summed E-state index contributed by atoms with van der Waals surface area (Å²) < 4.78 is 0. The van der Waals surface area contributed by atoms with Gasteiger partial charge in [0, 0.05) is 30.9 Å². The van der Waals surface area contributed by atoms with Crippen molar-refractivity contribution in [3.05, 3.63) is 40.3 Å². The molecule has 2 heterocycles. The number of fused-ring (bicyclic) bond motifs is 1. The van der Waals surface area contributed by atoms with Crippen molar-refractivity contribution < 1.29 is 0 Å². The highest BCUT2D eigenvalue weighted by Gasteiger charge is 2.14. The van der Waals surface area contributed by atoms with Gasteiger partial charge in [0.05, 0.1) is 22.6 Å². The van der Waals surface area contributed by atoms with Crippen molar-refractivity contribution in [1.29, 1.82) is 0 Å². The Morgan fingerprint density at radius 1 is 1.37 bits per heavy atom. The fraction of sp³-hybridized carbons (Fsp3) is 0.400. The van der Waals surface area contributed by atoms with Crippen LogP contribution in [0, 0.1) is 6.92 Å². The van der Waals surface area contributed by atoms with Gasteiger partial charge in [-0.25, -0.2) is 4.98 Å².